The first-order chi connectivity index (χ1) is 9.28. The maximum Gasteiger partial charge on any atom is 0.153 e. The van der Waals surface area contributed by atoms with E-state index in [1.165, 1.54) is 5.56 Å². The maximum atomic E-state index is 11.1. The van der Waals surface area contributed by atoms with Crippen LogP contribution in [0, 0.1) is 6.92 Å². The Morgan fingerprint density at radius 3 is 2.63 bits per heavy atom. The van der Waals surface area contributed by atoms with Gasteiger partial charge >= 0.3 is 0 Å². The number of furan rings is 1. The van der Waals surface area contributed by atoms with Crippen molar-refractivity contribution in [1.82, 2.24) is 9.78 Å². The molecule has 2 heterocycles. The molecule has 4 nitrogen and oxygen atoms in total. The van der Waals surface area contributed by atoms with E-state index in [0.29, 0.717) is 11.3 Å². The third kappa shape index (κ3) is 2.08. The molecule has 0 atom stereocenters. The first kappa shape index (κ1) is 11.5. The Hall–Kier alpha value is -2.62. The fourth-order valence-electron chi connectivity index (χ4n) is 1.93. The average molecular weight is 252 g/mol. The van der Waals surface area contributed by atoms with Gasteiger partial charge < -0.3 is 4.42 Å². The summed E-state index contributed by atoms with van der Waals surface area (Å²) in [4.78, 5) is 11.1. The number of hydrogen-bond acceptors (Lipinski definition) is 3. The molecular formula is C15H12N2O2. The zero-order chi connectivity index (χ0) is 13.2. The molecule has 0 N–H and O–H groups in total. The molecule has 0 saturated heterocycles. The maximum absolute atomic E-state index is 11.1. The SMILES string of the molecule is Cc1ccc(-n2cc(C=O)c(-c3ccoc3)n2)cc1. The second kappa shape index (κ2) is 4.57. The molecular weight excluding hydrogens is 240 g/mol. The van der Waals surface area contributed by atoms with Crippen LogP contribution >= 0.6 is 0 Å². The Balaban J connectivity index is 2.09. The summed E-state index contributed by atoms with van der Waals surface area (Å²) in [5, 5.41) is 4.45. The van der Waals surface area contributed by atoms with Crippen molar-refractivity contribution in [2.24, 2.45) is 0 Å². The molecule has 1 aromatic carbocycles. The number of nitrogens with zero attached hydrogens (tertiary/aromatic N) is 2. The van der Waals surface area contributed by atoms with Crippen LogP contribution in [0.3, 0.4) is 0 Å². The Morgan fingerprint density at radius 1 is 1.21 bits per heavy atom. The van der Waals surface area contributed by atoms with Crippen molar-refractivity contribution in [2.45, 2.75) is 6.92 Å². The first-order valence-electron chi connectivity index (χ1n) is 5.92. The molecule has 4 heteroatoms. The number of aryl methyl sites for hydroxylation is 1. The lowest BCUT2D eigenvalue weighted by atomic mass is 10.2. The number of hydrogen-bond donors (Lipinski definition) is 0. The minimum Gasteiger partial charge on any atom is -0.472 e. The summed E-state index contributed by atoms with van der Waals surface area (Å²) < 4.78 is 6.73. The lowest BCUT2D eigenvalue weighted by Gasteiger charge is -2.00. The highest BCUT2D eigenvalue weighted by Crippen LogP contribution is 2.22. The summed E-state index contributed by atoms with van der Waals surface area (Å²) in [7, 11) is 0. The van der Waals surface area contributed by atoms with Crippen LogP contribution in [0.4, 0.5) is 0 Å². The second-order valence-corrected chi connectivity index (χ2v) is 4.34. The van der Waals surface area contributed by atoms with Crippen LogP contribution in [-0.2, 0) is 0 Å². The highest BCUT2D eigenvalue weighted by Gasteiger charge is 2.12. The summed E-state index contributed by atoms with van der Waals surface area (Å²) >= 11 is 0. The van der Waals surface area contributed by atoms with E-state index in [1.54, 1.807) is 29.5 Å². The highest BCUT2D eigenvalue weighted by molar-refractivity contribution is 5.85. The number of benzene rings is 1. The summed E-state index contributed by atoms with van der Waals surface area (Å²) in [5.41, 5.74) is 4.07. The van der Waals surface area contributed by atoms with Crippen LogP contribution in [-0.4, -0.2) is 16.1 Å². The van der Waals surface area contributed by atoms with E-state index < -0.39 is 0 Å². The predicted octanol–water partition coefficient (Wildman–Crippen LogP) is 3.25. The van der Waals surface area contributed by atoms with Crippen LogP contribution in [0.1, 0.15) is 15.9 Å². The number of aromatic nitrogens is 2. The number of rotatable bonds is 3. The average Bonchev–Trinajstić information content (AvgIpc) is 3.08. The highest BCUT2D eigenvalue weighted by atomic mass is 16.3. The van der Waals surface area contributed by atoms with Gasteiger partial charge in [0.05, 0.1) is 23.8 Å². The van der Waals surface area contributed by atoms with Crippen molar-refractivity contribution in [3.05, 3.63) is 60.2 Å². The van der Waals surface area contributed by atoms with Gasteiger partial charge in [-0.2, -0.15) is 5.10 Å². The van der Waals surface area contributed by atoms with Gasteiger partial charge in [-0.25, -0.2) is 4.68 Å². The molecule has 0 fully saturated rings. The molecule has 0 aliphatic rings. The fourth-order valence-corrected chi connectivity index (χ4v) is 1.93. The van der Waals surface area contributed by atoms with Gasteiger partial charge in [0, 0.05) is 11.8 Å². The molecule has 3 rings (SSSR count). The van der Waals surface area contributed by atoms with Crippen molar-refractivity contribution in [2.75, 3.05) is 0 Å². The molecule has 0 aliphatic heterocycles. The number of carbonyl (C=O) groups is 1. The summed E-state index contributed by atoms with van der Waals surface area (Å²) in [5.74, 6) is 0. The summed E-state index contributed by atoms with van der Waals surface area (Å²) in [6.07, 6.45) is 5.67. The van der Waals surface area contributed by atoms with Crippen LogP contribution < -0.4 is 0 Å². The van der Waals surface area contributed by atoms with Crippen molar-refractivity contribution >= 4 is 6.29 Å². The standard InChI is InChI=1S/C15H12N2O2/c1-11-2-4-14(5-3-11)17-8-13(9-18)15(16-17)12-6-7-19-10-12/h2-10H,1H3. The van der Waals surface area contributed by atoms with Gasteiger partial charge in [-0.15, -0.1) is 0 Å². The van der Waals surface area contributed by atoms with Crippen molar-refractivity contribution in [3.63, 3.8) is 0 Å². The third-order valence-electron chi connectivity index (χ3n) is 2.96. The van der Waals surface area contributed by atoms with E-state index in [0.717, 1.165) is 17.5 Å². The number of aldehydes is 1. The zero-order valence-corrected chi connectivity index (χ0v) is 10.4. The summed E-state index contributed by atoms with van der Waals surface area (Å²) in [6, 6.07) is 9.74. The van der Waals surface area contributed by atoms with Gasteiger partial charge in [-0.3, -0.25) is 4.79 Å². The lowest BCUT2D eigenvalue weighted by Crippen LogP contribution is -1.94. The van der Waals surface area contributed by atoms with Crippen LogP contribution in [0.5, 0.6) is 0 Å². The van der Waals surface area contributed by atoms with Crippen molar-refractivity contribution in [3.8, 4) is 16.9 Å². The van der Waals surface area contributed by atoms with Crippen LogP contribution in [0.2, 0.25) is 0 Å². The monoisotopic (exact) mass is 252 g/mol. The minimum absolute atomic E-state index is 0.543. The van der Waals surface area contributed by atoms with Gasteiger partial charge in [0.25, 0.3) is 0 Å². The summed E-state index contributed by atoms with van der Waals surface area (Å²) in [6.45, 7) is 2.03. The number of carbonyl (C=O) groups excluding carboxylic acids is 1. The van der Waals surface area contributed by atoms with Crippen LogP contribution in [0.25, 0.3) is 16.9 Å². The molecule has 0 amide bonds. The molecule has 2 aromatic heterocycles. The Bertz CT molecular complexity index is 694. The van der Waals surface area contributed by atoms with Gasteiger partial charge in [-0.1, -0.05) is 17.7 Å². The quantitative estimate of drug-likeness (QED) is 0.672. The predicted molar refractivity (Wildman–Crippen MR) is 71.4 cm³/mol. The van der Waals surface area contributed by atoms with Crippen molar-refractivity contribution < 1.29 is 9.21 Å². The molecule has 0 bridgehead atoms. The van der Waals surface area contributed by atoms with Gasteiger partial charge in [0.2, 0.25) is 0 Å². The van der Waals surface area contributed by atoms with E-state index in [9.17, 15) is 4.79 Å². The smallest absolute Gasteiger partial charge is 0.153 e. The van der Waals surface area contributed by atoms with Crippen molar-refractivity contribution in [1.29, 1.82) is 0 Å². The normalized spacial score (nSPS) is 10.6. The molecule has 0 spiro atoms. The van der Waals surface area contributed by atoms with Gasteiger partial charge in [0.15, 0.2) is 6.29 Å². The molecule has 94 valence electrons. The Labute approximate surface area is 110 Å². The van der Waals surface area contributed by atoms with Gasteiger partial charge in [0.1, 0.15) is 5.69 Å². The van der Waals surface area contributed by atoms with Gasteiger partial charge in [-0.05, 0) is 25.1 Å². The molecule has 19 heavy (non-hydrogen) atoms. The van der Waals surface area contributed by atoms with Crippen LogP contribution in [0.15, 0.2) is 53.5 Å². The van der Waals surface area contributed by atoms with E-state index in [2.05, 4.69) is 5.10 Å². The molecule has 3 aromatic rings. The fraction of sp³-hybridized carbons (Fsp3) is 0.0667. The van der Waals surface area contributed by atoms with E-state index in [4.69, 9.17) is 4.42 Å². The van der Waals surface area contributed by atoms with E-state index in [1.807, 2.05) is 31.2 Å². The third-order valence-corrected chi connectivity index (χ3v) is 2.96. The van der Waals surface area contributed by atoms with E-state index in [-0.39, 0.29) is 0 Å². The lowest BCUT2D eigenvalue weighted by molar-refractivity contribution is 0.112. The largest absolute Gasteiger partial charge is 0.472 e. The molecule has 0 saturated carbocycles. The molecule has 0 unspecified atom stereocenters. The topological polar surface area (TPSA) is 48.0 Å². The Morgan fingerprint density at radius 2 is 2.00 bits per heavy atom. The minimum atomic E-state index is 0.543. The first-order valence-corrected chi connectivity index (χ1v) is 5.92. The zero-order valence-electron chi connectivity index (χ0n) is 10.4. The molecule has 0 aliphatic carbocycles. The Kier molecular flexibility index (Phi) is 2.76. The molecule has 0 radical (unpaired) electrons. The second-order valence-electron chi connectivity index (χ2n) is 4.34. The van der Waals surface area contributed by atoms with E-state index >= 15 is 0 Å².